The number of hydrogen-bond acceptors (Lipinski definition) is 5. The predicted molar refractivity (Wildman–Crippen MR) is 137 cm³/mol. The Labute approximate surface area is 209 Å². The van der Waals surface area contributed by atoms with Crippen LogP contribution in [0.25, 0.3) is 17.0 Å². The van der Waals surface area contributed by atoms with E-state index in [9.17, 15) is 19.7 Å². The molecule has 0 bridgehead atoms. The second kappa shape index (κ2) is 9.40. The molecule has 1 fully saturated rings. The monoisotopic (exact) mass is 503 g/mol. The van der Waals surface area contributed by atoms with E-state index in [2.05, 4.69) is 4.57 Å². The molecule has 174 valence electrons. The number of para-hydroxylation sites is 1. The van der Waals surface area contributed by atoms with Crippen molar-refractivity contribution < 1.29 is 14.5 Å². The van der Waals surface area contributed by atoms with Crippen LogP contribution in [0.3, 0.4) is 0 Å². The van der Waals surface area contributed by atoms with Crippen molar-refractivity contribution in [2.45, 2.75) is 13.1 Å². The van der Waals surface area contributed by atoms with E-state index in [0.717, 1.165) is 38.7 Å². The van der Waals surface area contributed by atoms with E-state index >= 15 is 0 Å². The lowest BCUT2D eigenvalue weighted by atomic mass is 10.1. The summed E-state index contributed by atoms with van der Waals surface area (Å²) in [7, 11) is 0. The molecule has 0 saturated carbocycles. The number of non-ortho nitro benzene ring substituents is 1. The summed E-state index contributed by atoms with van der Waals surface area (Å²) >= 11 is 7.25. The average molecular weight is 504 g/mol. The fraction of sp³-hybridized carbons (Fsp3) is 0.0769. The van der Waals surface area contributed by atoms with Gasteiger partial charge in [-0.05, 0) is 41.1 Å². The molecule has 7 nitrogen and oxygen atoms in total. The number of nitro benzene ring substituents is 1. The highest BCUT2D eigenvalue weighted by Gasteiger charge is 2.35. The van der Waals surface area contributed by atoms with Crippen molar-refractivity contribution in [3.63, 3.8) is 0 Å². The number of benzene rings is 3. The van der Waals surface area contributed by atoms with E-state index in [-0.39, 0.29) is 23.4 Å². The Morgan fingerprint density at radius 2 is 1.66 bits per heavy atom. The predicted octanol–water partition coefficient (Wildman–Crippen LogP) is 6.49. The Kier molecular flexibility index (Phi) is 6.15. The summed E-state index contributed by atoms with van der Waals surface area (Å²) in [6.45, 7) is 0.615. The van der Waals surface area contributed by atoms with E-state index in [1.54, 1.807) is 18.2 Å². The lowest BCUT2D eigenvalue weighted by Gasteiger charge is -2.12. The molecular formula is C26H18ClN3O4S. The zero-order valence-electron chi connectivity index (χ0n) is 18.3. The lowest BCUT2D eigenvalue weighted by Crippen LogP contribution is -2.27. The molecule has 2 amide bonds. The topological polar surface area (TPSA) is 85.5 Å². The van der Waals surface area contributed by atoms with Crippen molar-refractivity contribution >= 4 is 57.2 Å². The molecule has 0 unspecified atom stereocenters. The minimum Gasteiger partial charge on any atom is -0.342 e. The van der Waals surface area contributed by atoms with Gasteiger partial charge < -0.3 is 4.57 Å². The zero-order chi connectivity index (χ0) is 24.5. The third-order valence-electron chi connectivity index (χ3n) is 5.77. The number of thioether (sulfide) groups is 1. The van der Waals surface area contributed by atoms with Crippen molar-refractivity contribution in [1.82, 2.24) is 9.47 Å². The fourth-order valence-corrected chi connectivity index (χ4v) is 5.04. The van der Waals surface area contributed by atoms with Crippen LogP contribution in [0.2, 0.25) is 5.02 Å². The second-order valence-corrected chi connectivity index (χ2v) is 9.41. The van der Waals surface area contributed by atoms with Gasteiger partial charge in [0.25, 0.3) is 16.8 Å². The average Bonchev–Trinajstić information content (AvgIpc) is 3.33. The Morgan fingerprint density at radius 3 is 2.40 bits per heavy atom. The van der Waals surface area contributed by atoms with E-state index in [0.29, 0.717) is 22.0 Å². The van der Waals surface area contributed by atoms with Crippen LogP contribution in [-0.2, 0) is 17.9 Å². The number of nitrogens with zero attached hydrogens (tertiary/aromatic N) is 3. The third kappa shape index (κ3) is 4.58. The van der Waals surface area contributed by atoms with Crippen LogP contribution < -0.4 is 0 Å². The summed E-state index contributed by atoms with van der Waals surface area (Å²) < 4.78 is 2.07. The van der Waals surface area contributed by atoms with Crippen molar-refractivity contribution in [2.75, 3.05) is 0 Å². The number of carbonyl (C=O) groups excluding carboxylic acids is 2. The molecule has 0 spiro atoms. The summed E-state index contributed by atoms with van der Waals surface area (Å²) in [5.41, 5.74) is 3.38. The van der Waals surface area contributed by atoms with Crippen LogP contribution in [0.5, 0.6) is 0 Å². The van der Waals surface area contributed by atoms with Crippen LogP contribution in [-0.4, -0.2) is 25.5 Å². The number of carbonyl (C=O) groups is 2. The minimum atomic E-state index is -0.491. The van der Waals surface area contributed by atoms with Gasteiger partial charge in [-0.1, -0.05) is 60.1 Å². The molecule has 9 heteroatoms. The standard InChI is InChI=1S/C26H18ClN3O4S/c27-22-7-3-1-5-18(22)15-28-16-19(21-6-2-4-8-23(21)28)13-24-25(31)29(26(32)35-24)14-17-9-11-20(12-10-17)30(33)34/h1-13,16H,14-15H2. The number of halogens is 1. The van der Waals surface area contributed by atoms with Crippen molar-refractivity contribution in [1.29, 1.82) is 0 Å². The summed E-state index contributed by atoms with van der Waals surface area (Å²) in [6, 6.07) is 21.3. The summed E-state index contributed by atoms with van der Waals surface area (Å²) in [6.07, 6.45) is 3.70. The molecule has 1 saturated heterocycles. The first-order valence-electron chi connectivity index (χ1n) is 10.7. The zero-order valence-corrected chi connectivity index (χ0v) is 19.8. The molecule has 4 aromatic rings. The number of rotatable bonds is 6. The van der Waals surface area contributed by atoms with E-state index in [4.69, 9.17) is 11.6 Å². The highest BCUT2D eigenvalue weighted by atomic mass is 35.5. The molecule has 2 heterocycles. The number of imide groups is 1. The highest BCUT2D eigenvalue weighted by molar-refractivity contribution is 8.18. The molecule has 5 rings (SSSR count). The Balaban J connectivity index is 1.43. The lowest BCUT2D eigenvalue weighted by molar-refractivity contribution is -0.384. The van der Waals surface area contributed by atoms with Crippen LogP contribution in [0.4, 0.5) is 10.5 Å². The molecule has 0 aliphatic carbocycles. The Bertz CT molecular complexity index is 1510. The summed E-state index contributed by atoms with van der Waals surface area (Å²) in [5, 5.41) is 12.1. The van der Waals surface area contributed by atoms with Crippen molar-refractivity contribution in [3.8, 4) is 0 Å². The maximum absolute atomic E-state index is 13.1. The first-order chi connectivity index (χ1) is 16.9. The molecule has 1 aromatic heterocycles. The molecular weight excluding hydrogens is 486 g/mol. The smallest absolute Gasteiger partial charge is 0.293 e. The van der Waals surface area contributed by atoms with Gasteiger partial charge >= 0.3 is 0 Å². The number of hydrogen-bond donors (Lipinski definition) is 0. The first-order valence-corrected chi connectivity index (χ1v) is 11.9. The van der Waals surface area contributed by atoms with Gasteiger partial charge in [0.1, 0.15) is 0 Å². The van der Waals surface area contributed by atoms with E-state index < -0.39 is 4.92 Å². The molecule has 3 aromatic carbocycles. The maximum atomic E-state index is 13.1. The van der Waals surface area contributed by atoms with Gasteiger partial charge in [-0.25, -0.2) is 0 Å². The minimum absolute atomic E-state index is 0.0454. The van der Waals surface area contributed by atoms with Gasteiger partial charge in [0, 0.05) is 46.4 Å². The number of nitro groups is 1. The quantitative estimate of drug-likeness (QED) is 0.170. The van der Waals surface area contributed by atoms with Gasteiger partial charge in [-0.2, -0.15) is 0 Å². The molecule has 0 radical (unpaired) electrons. The van der Waals surface area contributed by atoms with Gasteiger partial charge in [0.05, 0.1) is 16.4 Å². The van der Waals surface area contributed by atoms with Crippen LogP contribution >= 0.6 is 23.4 Å². The summed E-state index contributed by atoms with van der Waals surface area (Å²) in [4.78, 5) is 37.5. The largest absolute Gasteiger partial charge is 0.342 e. The van der Waals surface area contributed by atoms with Gasteiger partial charge in [0.2, 0.25) is 0 Å². The van der Waals surface area contributed by atoms with Crippen LogP contribution in [0, 0.1) is 10.1 Å². The van der Waals surface area contributed by atoms with Gasteiger partial charge in [-0.3, -0.25) is 24.6 Å². The van der Waals surface area contributed by atoms with E-state index in [1.807, 2.05) is 54.7 Å². The molecule has 0 atom stereocenters. The van der Waals surface area contributed by atoms with Gasteiger partial charge in [-0.15, -0.1) is 0 Å². The SMILES string of the molecule is O=C1SC(=Cc2cn(Cc3ccccc3Cl)c3ccccc23)C(=O)N1Cc1ccc([N+](=O)[O-])cc1. The Morgan fingerprint density at radius 1 is 0.943 bits per heavy atom. The van der Waals surface area contributed by atoms with Crippen LogP contribution in [0.15, 0.2) is 83.9 Å². The van der Waals surface area contributed by atoms with Crippen LogP contribution in [0.1, 0.15) is 16.7 Å². The fourth-order valence-electron chi connectivity index (χ4n) is 4.01. The first kappa shape index (κ1) is 22.9. The maximum Gasteiger partial charge on any atom is 0.293 e. The Hall–Kier alpha value is -3.88. The number of fused-ring (bicyclic) bond motifs is 1. The third-order valence-corrected chi connectivity index (χ3v) is 7.04. The highest BCUT2D eigenvalue weighted by Crippen LogP contribution is 2.35. The van der Waals surface area contributed by atoms with Gasteiger partial charge in [0.15, 0.2) is 0 Å². The molecule has 1 aliphatic heterocycles. The number of amides is 2. The molecule has 1 aliphatic rings. The van der Waals surface area contributed by atoms with E-state index in [1.165, 1.54) is 12.1 Å². The second-order valence-electron chi connectivity index (χ2n) is 8.01. The normalized spacial score (nSPS) is 14.9. The van der Waals surface area contributed by atoms with Crippen molar-refractivity contribution in [3.05, 3.63) is 116 Å². The molecule has 0 N–H and O–H groups in total. The summed E-state index contributed by atoms with van der Waals surface area (Å²) in [5.74, 6) is -0.388. The number of aromatic nitrogens is 1. The van der Waals surface area contributed by atoms with Crippen molar-refractivity contribution in [2.24, 2.45) is 0 Å². The molecule has 35 heavy (non-hydrogen) atoms.